The first-order valence-corrected chi connectivity index (χ1v) is 6.49. The Bertz CT molecular complexity index is 419. The minimum atomic E-state index is -0.510. The fourth-order valence-corrected chi connectivity index (χ4v) is 2.12. The Morgan fingerprint density at radius 2 is 2.33 bits per heavy atom. The van der Waals surface area contributed by atoms with E-state index in [0.717, 1.165) is 24.2 Å². The van der Waals surface area contributed by atoms with Crippen LogP contribution in [0.25, 0.3) is 0 Å². The second-order valence-corrected chi connectivity index (χ2v) is 5.14. The molecule has 7 heteroatoms. The first-order chi connectivity index (χ1) is 8.54. The van der Waals surface area contributed by atoms with Crippen LogP contribution in [0.15, 0.2) is 12.1 Å². The molecule has 100 valence electrons. The molecule has 1 heterocycles. The quantitative estimate of drug-likeness (QED) is 0.449. The van der Waals surface area contributed by atoms with Gasteiger partial charge in [0, 0.05) is 19.2 Å². The Kier molecular flexibility index (Phi) is 5.73. The molecule has 0 aliphatic heterocycles. The lowest BCUT2D eigenvalue weighted by atomic mass is 10.1. The summed E-state index contributed by atoms with van der Waals surface area (Å²) in [6.45, 7) is 2.59. The Hall–Kier alpha value is -1.47. The van der Waals surface area contributed by atoms with Gasteiger partial charge in [-0.05, 0) is 24.8 Å². The zero-order valence-corrected chi connectivity index (χ0v) is 10.9. The largest absolute Gasteiger partial charge is 0.396 e. The molecule has 1 rings (SSSR count). The lowest BCUT2D eigenvalue weighted by Gasteiger charge is -2.07. The molecule has 6 nitrogen and oxygen atoms in total. The smallest absolute Gasteiger partial charge is 0.324 e. The van der Waals surface area contributed by atoms with Gasteiger partial charge < -0.3 is 10.4 Å². The third-order valence-corrected chi connectivity index (χ3v) is 3.50. The van der Waals surface area contributed by atoms with Crippen molar-refractivity contribution in [2.45, 2.75) is 19.8 Å². The average molecular weight is 272 g/mol. The van der Waals surface area contributed by atoms with Crippen LogP contribution in [0.1, 0.15) is 29.4 Å². The van der Waals surface area contributed by atoms with Gasteiger partial charge >= 0.3 is 5.00 Å². The van der Waals surface area contributed by atoms with Gasteiger partial charge in [-0.3, -0.25) is 14.9 Å². The first kappa shape index (κ1) is 14.6. The molecule has 0 aliphatic carbocycles. The molecule has 1 atom stereocenters. The van der Waals surface area contributed by atoms with Crippen molar-refractivity contribution in [2.75, 3.05) is 13.2 Å². The van der Waals surface area contributed by atoms with E-state index < -0.39 is 4.92 Å². The van der Waals surface area contributed by atoms with Crippen LogP contribution in [-0.2, 0) is 0 Å². The Labute approximate surface area is 109 Å². The van der Waals surface area contributed by atoms with Crippen LogP contribution >= 0.6 is 11.3 Å². The van der Waals surface area contributed by atoms with E-state index in [-0.39, 0.29) is 23.4 Å². The zero-order chi connectivity index (χ0) is 13.5. The number of rotatable bonds is 7. The summed E-state index contributed by atoms with van der Waals surface area (Å²) in [6.07, 6.45) is 1.61. The van der Waals surface area contributed by atoms with Gasteiger partial charge in [-0.25, -0.2) is 0 Å². The molecule has 0 spiro atoms. The molecule has 0 saturated carbocycles. The lowest BCUT2D eigenvalue weighted by molar-refractivity contribution is -0.380. The number of nitrogens with one attached hydrogen (secondary N) is 1. The molecule has 0 aliphatic rings. The second-order valence-electron chi connectivity index (χ2n) is 4.08. The fourth-order valence-electron chi connectivity index (χ4n) is 1.38. The maximum atomic E-state index is 11.6. The first-order valence-electron chi connectivity index (χ1n) is 5.68. The van der Waals surface area contributed by atoms with Crippen LogP contribution in [0.2, 0.25) is 0 Å². The summed E-state index contributed by atoms with van der Waals surface area (Å²) in [7, 11) is 0. The van der Waals surface area contributed by atoms with Crippen molar-refractivity contribution in [1.29, 1.82) is 0 Å². The van der Waals surface area contributed by atoms with E-state index in [9.17, 15) is 14.9 Å². The molecular weight excluding hydrogens is 256 g/mol. The monoisotopic (exact) mass is 272 g/mol. The number of thiophene rings is 1. The van der Waals surface area contributed by atoms with Crippen LogP contribution in [0.4, 0.5) is 5.00 Å². The molecule has 0 fully saturated rings. The van der Waals surface area contributed by atoms with Crippen LogP contribution < -0.4 is 5.32 Å². The summed E-state index contributed by atoms with van der Waals surface area (Å²) in [5.41, 5.74) is 0. The number of nitro groups is 1. The number of carbonyl (C=O) groups excluding carboxylic acids is 1. The third-order valence-electron chi connectivity index (χ3n) is 2.47. The van der Waals surface area contributed by atoms with E-state index in [1.165, 1.54) is 12.1 Å². The minimum absolute atomic E-state index is 0.0333. The number of hydrogen-bond donors (Lipinski definition) is 2. The van der Waals surface area contributed by atoms with Crippen molar-refractivity contribution in [2.24, 2.45) is 5.92 Å². The van der Waals surface area contributed by atoms with E-state index in [1.807, 2.05) is 6.92 Å². The zero-order valence-electron chi connectivity index (χ0n) is 10.1. The maximum Gasteiger partial charge on any atom is 0.324 e. The van der Waals surface area contributed by atoms with Crippen molar-refractivity contribution in [1.82, 2.24) is 5.32 Å². The van der Waals surface area contributed by atoms with Gasteiger partial charge in [0.15, 0.2) is 0 Å². The normalized spacial score (nSPS) is 12.1. The molecule has 1 aromatic rings. The molecule has 1 aromatic heterocycles. The van der Waals surface area contributed by atoms with E-state index >= 15 is 0 Å². The number of amides is 1. The summed E-state index contributed by atoms with van der Waals surface area (Å²) in [5.74, 6) is -0.0607. The van der Waals surface area contributed by atoms with Crippen molar-refractivity contribution < 1.29 is 14.8 Å². The summed E-state index contributed by atoms with van der Waals surface area (Å²) in [5, 5.41) is 22.0. The number of aliphatic hydroxyl groups excluding tert-OH is 1. The van der Waals surface area contributed by atoms with Crippen molar-refractivity contribution >= 4 is 22.2 Å². The molecule has 1 unspecified atom stereocenters. The van der Waals surface area contributed by atoms with Crippen molar-refractivity contribution in [3.63, 3.8) is 0 Å². The summed E-state index contributed by atoms with van der Waals surface area (Å²) < 4.78 is 0. The summed E-state index contributed by atoms with van der Waals surface area (Å²) in [4.78, 5) is 21.9. The molecular formula is C11H16N2O4S. The van der Waals surface area contributed by atoms with Crippen LogP contribution in [0.3, 0.4) is 0 Å². The Balaban J connectivity index is 2.34. The van der Waals surface area contributed by atoms with E-state index in [1.54, 1.807) is 0 Å². The lowest BCUT2D eigenvalue weighted by Crippen LogP contribution is -2.24. The predicted octanol–water partition coefficient (Wildman–Crippen LogP) is 1.79. The number of nitrogens with zero attached hydrogens (tertiary/aromatic N) is 1. The van der Waals surface area contributed by atoms with Crippen molar-refractivity contribution in [3.05, 3.63) is 27.1 Å². The van der Waals surface area contributed by atoms with Crippen LogP contribution in [0, 0.1) is 16.0 Å². The van der Waals surface area contributed by atoms with Gasteiger partial charge in [0.25, 0.3) is 5.91 Å². The number of aliphatic hydroxyl groups is 1. The van der Waals surface area contributed by atoms with Gasteiger partial charge in [-0.1, -0.05) is 18.3 Å². The van der Waals surface area contributed by atoms with E-state index in [0.29, 0.717) is 11.4 Å². The molecule has 1 amide bonds. The molecule has 0 bridgehead atoms. The highest BCUT2D eigenvalue weighted by atomic mass is 32.1. The second kappa shape index (κ2) is 7.07. The molecule has 18 heavy (non-hydrogen) atoms. The predicted molar refractivity (Wildman–Crippen MR) is 68.8 cm³/mol. The van der Waals surface area contributed by atoms with Gasteiger partial charge in [0.1, 0.15) is 0 Å². The molecule has 0 saturated heterocycles. The standard InChI is InChI=1S/C11H16N2O4S/c1-8(7-14)3-2-6-12-11(15)9-4-5-10(18-9)13(16)17/h4-5,8,14H,2-3,6-7H2,1H3,(H,12,15). The van der Waals surface area contributed by atoms with Crippen LogP contribution in [-0.4, -0.2) is 29.1 Å². The van der Waals surface area contributed by atoms with Crippen LogP contribution in [0.5, 0.6) is 0 Å². The molecule has 2 N–H and O–H groups in total. The summed E-state index contributed by atoms with van der Waals surface area (Å²) >= 11 is 0.867. The van der Waals surface area contributed by atoms with E-state index in [2.05, 4.69) is 5.32 Å². The highest BCUT2D eigenvalue weighted by Crippen LogP contribution is 2.23. The highest BCUT2D eigenvalue weighted by Gasteiger charge is 2.14. The SMILES string of the molecule is CC(CO)CCCNC(=O)c1ccc([N+](=O)[O-])s1. The van der Waals surface area contributed by atoms with Gasteiger partial charge in [-0.15, -0.1) is 0 Å². The molecule has 0 radical (unpaired) electrons. The molecule has 0 aromatic carbocycles. The maximum absolute atomic E-state index is 11.6. The van der Waals surface area contributed by atoms with Crippen molar-refractivity contribution in [3.8, 4) is 0 Å². The fraction of sp³-hybridized carbons (Fsp3) is 0.545. The highest BCUT2D eigenvalue weighted by molar-refractivity contribution is 7.17. The minimum Gasteiger partial charge on any atom is -0.396 e. The van der Waals surface area contributed by atoms with Gasteiger partial charge in [0.2, 0.25) is 0 Å². The topological polar surface area (TPSA) is 92.5 Å². The van der Waals surface area contributed by atoms with Gasteiger partial charge in [0.05, 0.1) is 9.80 Å². The number of hydrogen-bond acceptors (Lipinski definition) is 5. The van der Waals surface area contributed by atoms with E-state index in [4.69, 9.17) is 5.11 Å². The Morgan fingerprint density at radius 1 is 1.61 bits per heavy atom. The van der Waals surface area contributed by atoms with Gasteiger partial charge in [-0.2, -0.15) is 0 Å². The summed E-state index contributed by atoms with van der Waals surface area (Å²) in [6, 6.07) is 2.78. The number of carbonyl (C=O) groups is 1. The average Bonchev–Trinajstić information content (AvgIpc) is 2.83. The third kappa shape index (κ3) is 4.42. The Morgan fingerprint density at radius 3 is 2.89 bits per heavy atom.